The van der Waals surface area contributed by atoms with Crippen molar-refractivity contribution in [1.29, 1.82) is 0 Å². The lowest BCUT2D eigenvalue weighted by Gasteiger charge is -2.08. The molecular weight excluding hydrogens is 280 g/mol. The van der Waals surface area contributed by atoms with Gasteiger partial charge in [-0.05, 0) is 23.3 Å². The lowest BCUT2D eigenvalue weighted by molar-refractivity contribution is 0.238. The summed E-state index contributed by atoms with van der Waals surface area (Å²) in [4.78, 5) is 15.8. The summed E-state index contributed by atoms with van der Waals surface area (Å²) in [6, 6.07) is 13.9. The Morgan fingerprint density at radius 1 is 1.09 bits per heavy atom. The van der Waals surface area contributed by atoms with Crippen molar-refractivity contribution in [2.75, 3.05) is 0 Å². The Kier molecular flexibility index (Phi) is 4.00. The second-order valence-electron chi connectivity index (χ2n) is 4.91. The van der Waals surface area contributed by atoms with Gasteiger partial charge in [0.2, 0.25) is 5.89 Å². The molecule has 1 heterocycles. The Bertz CT molecular complexity index is 792. The van der Waals surface area contributed by atoms with E-state index in [-0.39, 0.29) is 12.6 Å². The first-order valence-electron chi connectivity index (χ1n) is 7.00. The fourth-order valence-electron chi connectivity index (χ4n) is 2.25. The molecular formula is C16H16N4O2. The van der Waals surface area contributed by atoms with E-state index in [1.54, 1.807) is 6.92 Å². The van der Waals surface area contributed by atoms with Gasteiger partial charge in [-0.3, -0.25) is 0 Å². The number of hydrogen-bond donors (Lipinski definition) is 2. The molecule has 0 bridgehead atoms. The summed E-state index contributed by atoms with van der Waals surface area (Å²) in [5.74, 6) is 0.936. The zero-order valence-corrected chi connectivity index (χ0v) is 12.2. The highest BCUT2D eigenvalue weighted by atomic mass is 16.5. The maximum Gasteiger partial charge on any atom is 0.315 e. The summed E-state index contributed by atoms with van der Waals surface area (Å²) >= 11 is 0. The van der Waals surface area contributed by atoms with Crippen molar-refractivity contribution >= 4 is 16.8 Å². The van der Waals surface area contributed by atoms with Gasteiger partial charge in [0.25, 0.3) is 0 Å². The third-order valence-electron chi connectivity index (χ3n) is 3.29. The fourth-order valence-corrected chi connectivity index (χ4v) is 2.25. The molecule has 0 radical (unpaired) electrons. The summed E-state index contributed by atoms with van der Waals surface area (Å²) in [5, 5.41) is 11.5. The molecule has 6 heteroatoms. The SMILES string of the molecule is Cc1noc(CNC(=O)NCc2cccc3ccccc23)n1. The summed E-state index contributed by atoms with van der Waals surface area (Å²) in [7, 11) is 0. The van der Waals surface area contributed by atoms with Gasteiger partial charge in [-0.1, -0.05) is 47.6 Å². The molecule has 0 aliphatic heterocycles. The Morgan fingerprint density at radius 3 is 2.68 bits per heavy atom. The molecule has 2 amide bonds. The lowest BCUT2D eigenvalue weighted by atomic mass is 10.0. The minimum absolute atomic E-state index is 0.211. The van der Waals surface area contributed by atoms with E-state index in [0.29, 0.717) is 18.3 Å². The number of urea groups is 1. The molecule has 0 fully saturated rings. The number of rotatable bonds is 4. The van der Waals surface area contributed by atoms with Crippen LogP contribution >= 0.6 is 0 Å². The molecule has 112 valence electrons. The van der Waals surface area contributed by atoms with Crippen molar-refractivity contribution in [3.63, 3.8) is 0 Å². The van der Waals surface area contributed by atoms with E-state index in [4.69, 9.17) is 4.52 Å². The van der Waals surface area contributed by atoms with Crippen molar-refractivity contribution < 1.29 is 9.32 Å². The van der Waals surface area contributed by atoms with Gasteiger partial charge in [0.1, 0.15) is 0 Å². The van der Waals surface area contributed by atoms with E-state index in [9.17, 15) is 4.79 Å². The summed E-state index contributed by atoms with van der Waals surface area (Å²) in [5.41, 5.74) is 1.07. The largest absolute Gasteiger partial charge is 0.337 e. The first-order valence-corrected chi connectivity index (χ1v) is 7.00. The molecule has 0 spiro atoms. The number of nitrogens with zero attached hydrogens (tertiary/aromatic N) is 2. The van der Waals surface area contributed by atoms with Crippen LogP contribution in [0.1, 0.15) is 17.3 Å². The topological polar surface area (TPSA) is 80.0 Å². The number of aryl methyl sites for hydroxylation is 1. The highest BCUT2D eigenvalue weighted by molar-refractivity contribution is 5.86. The van der Waals surface area contributed by atoms with Crippen LogP contribution in [0.2, 0.25) is 0 Å². The number of carbonyl (C=O) groups is 1. The van der Waals surface area contributed by atoms with Gasteiger partial charge < -0.3 is 15.2 Å². The Morgan fingerprint density at radius 2 is 1.86 bits per heavy atom. The number of nitrogens with one attached hydrogen (secondary N) is 2. The van der Waals surface area contributed by atoms with Crippen molar-refractivity contribution in [3.05, 3.63) is 59.7 Å². The molecule has 0 aliphatic carbocycles. The van der Waals surface area contributed by atoms with Gasteiger partial charge in [0.15, 0.2) is 5.82 Å². The molecule has 2 aromatic carbocycles. The van der Waals surface area contributed by atoms with Crippen LogP contribution in [0.25, 0.3) is 10.8 Å². The summed E-state index contributed by atoms with van der Waals surface area (Å²) in [6.45, 7) is 2.39. The van der Waals surface area contributed by atoms with Gasteiger partial charge in [-0.2, -0.15) is 4.98 Å². The van der Waals surface area contributed by atoms with Crippen LogP contribution in [0, 0.1) is 6.92 Å². The highest BCUT2D eigenvalue weighted by Gasteiger charge is 2.06. The Hall–Kier alpha value is -2.89. The number of carbonyl (C=O) groups excluding carboxylic acids is 1. The van der Waals surface area contributed by atoms with Gasteiger partial charge in [0, 0.05) is 6.54 Å². The fraction of sp³-hybridized carbons (Fsp3) is 0.188. The van der Waals surface area contributed by atoms with E-state index in [1.807, 2.05) is 30.3 Å². The average molecular weight is 296 g/mol. The highest BCUT2D eigenvalue weighted by Crippen LogP contribution is 2.18. The van der Waals surface area contributed by atoms with E-state index < -0.39 is 0 Å². The number of benzene rings is 2. The van der Waals surface area contributed by atoms with Crippen molar-refractivity contribution in [3.8, 4) is 0 Å². The van der Waals surface area contributed by atoms with Crippen LogP contribution in [-0.2, 0) is 13.1 Å². The van der Waals surface area contributed by atoms with E-state index >= 15 is 0 Å². The molecule has 6 nitrogen and oxygen atoms in total. The smallest absolute Gasteiger partial charge is 0.315 e. The minimum atomic E-state index is -0.274. The van der Waals surface area contributed by atoms with Crippen LogP contribution < -0.4 is 10.6 Å². The predicted molar refractivity (Wildman–Crippen MR) is 82.1 cm³/mol. The van der Waals surface area contributed by atoms with Gasteiger partial charge in [-0.25, -0.2) is 4.79 Å². The monoisotopic (exact) mass is 296 g/mol. The Balaban J connectivity index is 1.58. The van der Waals surface area contributed by atoms with Crippen molar-refractivity contribution in [2.45, 2.75) is 20.0 Å². The molecule has 0 saturated heterocycles. The van der Waals surface area contributed by atoms with Crippen molar-refractivity contribution in [2.24, 2.45) is 0 Å². The first-order chi connectivity index (χ1) is 10.7. The van der Waals surface area contributed by atoms with Crippen molar-refractivity contribution in [1.82, 2.24) is 20.8 Å². The molecule has 3 aromatic rings. The van der Waals surface area contributed by atoms with E-state index in [2.05, 4.69) is 32.9 Å². The van der Waals surface area contributed by atoms with Crippen LogP contribution in [-0.4, -0.2) is 16.2 Å². The zero-order valence-electron chi connectivity index (χ0n) is 12.2. The van der Waals surface area contributed by atoms with Crippen LogP contribution in [0.3, 0.4) is 0 Å². The molecule has 0 atom stereocenters. The molecule has 0 unspecified atom stereocenters. The summed E-state index contributed by atoms with van der Waals surface area (Å²) in [6.07, 6.45) is 0. The standard InChI is InChI=1S/C16H16N4O2/c1-11-19-15(22-20-11)10-18-16(21)17-9-13-7-4-6-12-5-2-3-8-14(12)13/h2-8H,9-10H2,1H3,(H2,17,18,21). The second kappa shape index (κ2) is 6.26. The average Bonchev–Trinajstić information content (AvgIpc) is 2.96. The van der Waals surface area contributed by atoms with Crippen LogP contribution in [0.15, 0.2) is 47.0 Å². The number of aromatic nitrogens is 2. The maximum absolute atomic E-state index is 11.8. The number of amides is 2. The predicted octanol–water partition coefficient (Wildman–Crippen LogP) is 2.53. The van der Waals surface area contributed by atoms with E-state index in [0.717, 1.165) is 16.3 Å². The second-order valence-corrected chi connectivity index (χ2v) is 4.91. The zero-order chi connectivity index (χ0) is 15.4. The molecule has 22 heavy (non-hydrogen) atoms. The molecule has 2 N–H and O–H groups in total. The van der Waals surface area contributed by atoms with Crippen LogP contribution in [0.5, 0.6) is 0 Å². The summed E-state index contributed by atoms with van der Waals surface area (Å²) < 4.78 is 4.93. The molecule has 1 aromatic heterocycles. The quantitative estimate of drug-likeness (QED) is 0.775. The van der Waals surface area contributed by atoms with Gasteiger partial charge >= 0.3 is 6.03 Å². The molecule has 0 aliphatic rings. The number of fused-ring (bicyclic) bond motifs is 1. The van der Waals surface area contributed by atoms with E-state index in [1.165, 1.54) is 0 Å². The Labute approximate surface area is 127 Å². The number of hydrogen-bond acceptors (Lipinski definition) is 4. The third-order valence-corrected chi connectivity index (χ3v) is 3.29. The van der Waals surface area contributed by atoms with Gasteiger partial charge in [-0.15, -0.1) is 0 Å². The maximum atomic E-state index is 11.8. The third kappa shape index (κ3) is 3.22. The van der Waals surface area contributed by atoms with Gasteiger partial charge in [0.05, 0.1) is 6.54 Å². The normalized spacial score (nSPS) is 10.6. The molecule has 0 saturated carbocycles. The van der Waals surface area contributed by atoms with Crippen LogP contribution in [0.4, 0.5) is 4.79 Å². The lowest BCUT2D eigenvalue weighted by Crippen LogP contribution is -2.34. The minimum Gasteiger partial charge on any atom is -0.337 e. The first kappa shape index (κ1) is 14.1. The molecule has 3 rings (SSSR count).